The molecule has 0 saturated carbocycles. The summed E-state index contributed by atoms with van der Waals surface area (Å²) in [6.45, 7) is 0.655. The van der Waals surface area contributed by atoms with Crippen molar-refractivity contribution in [2.45, 2.75) is 6.54 Å². The van der Waals surface area contributed by atoms with Crippen molar-refractivity contribution in [2.75, 3.05) is 5.32 Å². The van der Waals surface area contributed by atoms with Gasteiger partial charge in [0.05, 0.1) is 5.69 Å². The first-order valence-electron chi connectivity index (χ1n) is 8.38. The van der Waals surface area contributed by atoms with Gasteiger partial charge in [-0.2, -0.15) is 4.68 Å². The molecular formula is C20H16ClN5O. The van der Waals surface area contributed by atoms with Crippen molar-refractivity contribution in [1.29, 1.82) is 0 Å². The number of benzene rings is 3. The number of rotatable bonds is 6. The number of aromatic nitrogens is 4. The van der Waals surface area contributed by atoms with Crippen LogP contribution in [0.1, 0.15) is 5.56 Å². The highest BCUT2D eigenvalue weighted by molar-refractivity contribution is 6.30. The number of anilines is 1. The SMILES string of the molecule is Clc1ccc(NCc2cccc(Oc3nnnn3-c3ccccc3)c2)cc1. The van der Waals surface area contributed by atoms with Crippen LogP contribution in [0.2, 0.25) is 5.02 Å². The first-order chi connectivity index (χ1) is 13.3. The molecule has 4 rings (SSSR count). The molecule has 6 nitrogen and oxygen atoms in total. The zero-order valence-electron chi connectivity index (χ0n) is 14.3. The number of hydrogen-bond acceptors (Lipinski definition) is 5. The van der Waals surface area contributed by atoms with E-state index in [1.54, 1.807) is 4.68 Å². The van der Waals surface area contributed by atoms with E-state index in [4.69, 9.17) is 16.3 Å². The molecule has 134 valence electrons. The van der Waals surface area contributed by atoms with Gasteiger partial charge in [0, 0.05) is 17.3 Å². The quantitative estimate of drug-likeness (QED) is 0.526. The van der Waals surface area contributed by atoms with Crippen LogP contribution in [0.3, 0.4) is 0 Å². The Morgan fingerprint density at radius 1 is 0.926 bits per heavy atom. The number of para-hydroxylation sites is 1. The van der Waals surface area contributed by atoms with Gasteiger partial charge in [-0.05, 0) is 64.5 Å². The summed E-state index contributed by atoms with van der Waals surface area (Å²) < 4.78 is 7.45. The molecule has 1 N–H and O–H groups in total. The lowest BCUT2D eigenvalue weighted by atomic mass is 10.2. The lowest BCUT2D eigenvalue weighted by Gasteiger charge is -2.09. The highest BCUT2D eigenvalue weighted by Crippen LogP contribution is 2.22. The molecule has 3 aromatic carbocycles. The number of ether oxygens (including phenoxy) is 1. The summed E-state index contributed by atoms with van der Waals surface area (Å²) in [6.07, 6.45) is 0. The lowest BCUT2D eigenvalue weighted by Crippen LogP contribution is -2.01. The van der Waals surface area contributed by atoms with Crippen molar-refractivity contribution in [1.82, 2.24) is 20.2 Å². The van der Waals surface area contributed by atoms with E-state index < -0.39 is 0 Å². The highest BCUT2D eigenvalue weighted by atomic mass is 35.5. The third-order valence-corrected chi connectivity index (χ3v) is 4.14. The van der Waals surface area contributed by atoms with E-state index in [-0.39, 0.29) is 0 Å². The van der Waals surface area contributed by atoms with Gasteiger partial charge in [-0.1, -0.05) is 47.0 Å². The topological polar surface area (TPSA) is 64.9 Å². The molecule has 7 heteroatoms. The minimum atomic E-state index is 0.309. The molecule has 0 radical (unpaired) electrons. The zero-order valence-corrected chi connectivity index (χ0v) is 15.0. The predicted octanol–water partition coefficient (Wildman–Crippen LogP) is 4.72. The Balaban J connectivity index is 1.47. The average molecular weight is 378 g/mol. The summed E-state index contributed by atoms with van der Waals surface area (Å²) in [6, 6.07) is 25.3. The summed E-state index contributed by atoms with van der Waals surface area (Å²) in [4.78, 5) is 0. The van der Waals surface area contributed by atoms with E-state index in [2.05, 4.69) is 20.8 Å². The monoisotopic (exact) mass is 377 g/mol. The molecule has 0 bridgehead atoms. The maximum absolute atomic E-state index is 5.91. The molecule has 0 spiro atoms. The van der Waals surface area contributed by atoms with E-state index in [0.717, 1.165) is 16.9 Å². The van der Waals surface area contributed by atoms with Gasteiger partial charge in [0.1, 0.15) is 5.75 Å². The number of hydrogen-bond donors (Lipinski definition) is 1. The molecule has 0 aliphatic carbocycles. The molecule has 0 amide bonds. The average Bonchev–Trinajstić information content (AvgIpc) is 3.17. The summed E-state index contributed by atoms with van der Waals surface area (Å²) in [5, 5.41) is 15.7. The van der Waals surface area contributed by atoms with Crippen molar-refractivity contribution < 1.29 is 4.74 Å². The minimum Gasteiger partial charge on any atom is -0.423 e. The fourth-order valence-electron chi connectivity index (χ4n) is 2.57. The summed E-state index contributed by atoms with van der Waals surface area (Å²) in [5.41, 5.74) is 2.90. The maximum atomic E-state index is 5.91. The molecule has 0 aliphatic rings. The van der Waals surface area contributed by atoms with Crippen LogP contribution in [-0.2, 0) is 6.54 Å². The Bertz CT molecular complexity index is 1020. The Hall–Kier alpha value is -3.38. The first kappa shape index (κ1) is 17.1. The van der Waals surface area contributed by atoms with Gasteiger partial charge >= 0.3 is 6.01 Å². The van der Waals surface area contributed by atoms with Crippen LogP contribution in [-0.4, -0.2) is 20.2 Å². The van der Waals surface area contributed by atoms with Gasteiger partial charge < -0.3 is 10.1 Å². The Kier molecular flexibility index (Phi) is 4.98. The summed E-state index contributed by atoms with van der Waals surface area (Å²) in [5.74, 6) is 0.664. The van der Waals surface area contributed by atoms with Crippen LogP contribution >= 0.6 is 11.6 Å². The van der Waals surface area contributed by atoms with Crippen molar-refractivity contribution in [3.05, 3.63) is 89.4 Å². The maximum Gasteiger partial charge on any atom is 0.345 e. The van der Waals surface area contributed by atoms with Crippen molar-refractivity contribution in [2.24, 2.45) is 0 Å². The third kappa shape index (κ3) is 4.24. The van der Waals surface area contributed by atoms with Gasteiger partial charge in [0.15, 0.2) is 0 Å². The molecule has 0 fully saturated rings. The Morgan fingerprint density at radius 2 is 1.74 bits per heavy atom. The molecule has 27 heavy (non-hydrogen) atoms. The summed E-state index contributed by atoms with van der Waals surface area (Å²) in [7, 11) is 0. The fraction of sp³-hybridized carbons (Fsp3) is 0.0500. The lowest BCUT2D eigenvalue weighted by molar-refractivity contribution is 0.427. The van der Waals surface area contributed by atoms with Gasteiger partial charge in [-0.3, -0.25) is 0 Å². The van der Waals surface area contributed by atoms with Gasteiger partial charge in [-0.15, -0.1) is 0 Å². The second-order valence-corrected chi connectivity index (χ2v) is 6.26. The molecule has 1 heterocycles. The van der Waals surface area contributed by atoms with Crippen molar-refractivity contribution >= 4 is 17.3 Å². The number of tetrazole rings is 1. The minimum absolute atomic E-state index is 0.309. The molecule has 0 unspecified atom stereocenters. The van der Waals surface area contributed by atoms with Crippen LogP contribution < -0.4 is 10.1 Å². The Morgan fingerprint density at radius 3 is 2.56 bits per heavy atom. The molecule has 4 aromatic rings. The zero-order chi connectivity index (χ0) is 18.5. The van der Waals surface area contributed by atoms with E-state index in [1.165, 1.54) is 0 Å². The number of nitrogens with one attached hydrogen (secondary N) is 1. The smallest absolute Gasteiger partial charge is 0.345 e. The van der Waals surface area contributed by atoms with Crippen LogP contribution in [0.4, 0.5) is 5.69 Å². The van der Waals surface area contributed by atoms with Gasteiger partial charge in [0.2, 0.25) is 0 Å². The number of halogens is 1. The largest absolute Gasteiger partial charge is 0.423 e. The Labute approximate surface area is 161 Å². The number of nitrogens with zero attached hydrogens (tertiary/aromatic N) is 4. The van der Waals surface area contributed by atoms with E-state index in [1.807, 2.05) is 78.9 Å². The van der Waals surface area contributed by atoms with Gasteiger partial charge in [-0.25, -0.2) is 0 Å². The van der Waals surface area contributed by atoms with Gasteiger partial charge in [0.25, 0.3) is 0 Å². The molecule has 0 atom stereocenters. The summed E-state index contributed by atoms with van der Waals surface area (Å²) >= 11 is 5.91. The van der Waals surface area contributed by atoms with Crippen LogP contribution in [0, 0.1) is 0 Å². The first-order valence-corrected chi connectivity index (χ1v) is 8.76. The van der Waals surface area contributed by atoms with Crippen LogP contribution in [0.5, 0.6) is 11.8 Å². The standard InChI is InChI=1S/C20H16ClN5O/c21-16-9-11-17(12-10-16)22-14-15-5-4-8-19(13-15)27-20-23-24-25-26(20)18-6-2-1-3-7-18/h1-13,22H,14H2. The molecule has 0 aliphatic heterocycles. The molecular weight excluding hydrogens is 362 g/mol. The second kappa shape index (κ2) is 7.88. The molecule has 1 aromatic heterocycles. The van der Waals surface area contributed by atoms with Crippen molar-refractivity contribution in [3.8, 4) is 17.4 Å². The van der Waals surface area contributed by atoms with E-state index in [0.29, 0.717) is 23.3 Å². The fourth-order valence-corrected chi connectivity index (χ4v) is 2.70. The second-order valence-electron chi connectivity index (χ2n) is 5.82. The normalized spacial score (nSPS) is 10.6. The molecule has 0 saturated heterocycles. The van der Waals surface area contributed by atoms with E-state index >= 15 is 0 Å². The van der Waals surface area contributed by atoms with Crippen molar-refractivity contribution in [3.63, 3.8) is 0 Å². The highest BCUT2D eigenvalue weighted by Gasteiger charge is 2.10. The van der Waals surface area contributed by atoms with Crippen LogP contribution in [0.15, 0.2) is 78.9 Å². The van der Waals surface area contributed by atoms with E-state index in [9.17, 15) is 0 Å². The van der Waals surface area contributed by atoms with Crippen LogP contribution in [0.25, 0.3) is 5.69 Å². The third-order valence-electron chi connectivity index (χ3n) is 3.89. The predicted molar refractivity (Wildman–Crippen MR) is 104 cm³/mol.